The molecule has 1 unspecified atom stereocenters. The van der Waals surface area contributed by atoms with Crippen molar-refractivity contribution in [1.29, 1.82) is 0 Å². The first kappa shape index (κ1) is 26.4. The fraction of sp³-hybridized carbons (Fsp3) is 0.571. The van der Waals surface area contributed by atoms with E-state index in [-0.39, 0.29) is 30.2 Å². The number of H-pyrrole nitrogens is 1. The second-order valence-corrected chi connectivity index (χ2v) is 8.78. The molecule has 180 valence electrons. The highest BCUT2D eigenvalue weighted by atomic mass is 31.1. The molecule has 1 aromatic carbocycles. The molecule has 0 saturated heterocycles. The summed E-state index contributed by atoms with van der Waals surface area (Å²) in [5.74, 6) is -0.212. The van der Waals surface area contributed by atoms with Crippen LogP contribution in [0.5, 0.6) is 5.75 Å². The number of alkyl halides is 3. The van der Waals surface area contributed by atoms with Crippen LogP contribution in [0.2, 0.25) is 0 Å². The molecule has 0 fully saturated rings. The normalized spacial score (nSPS) is 14.8. The van der Waals surface area contributed by atoms with Gasteiger partial charge in [-0.15, -0.1) is 0 Å². The molecule has 32 heavy (non-hydrogen) atoms. The molecule has 0 radical (unpaired) electrons. The van der Waals surface area contributed by atoms with Crippen molar-refractivity contribution >= 4 is 8.25 Å². The van der Waals surface area contributed by atoms with Gasteiger partial charge in [-0.25, -0.2) is 0 Å². The van der Waals surface area contributed by atoms with Gasteiger partial charge in [-0.05, 0) is 37.6 Å². The van der Waals surface area contributed by atoms with Gasteiger partial charge in [-0.2, -0.15) is 18.3 Å². The zero-order valence-corrected chi connectivity index (χ0v) is 19.3. The van der Waals surface area contributed by atoms with Gasteiger partial charge in [-0.1, -0.05) is 39.0 Å². The summed E-state index contributed by atoms with van der Waals surface area (Å²) in [6.45, 7) is 3.64. The van der Waals surface area contributed by atoms with Crippen molar-refractivity contribution in [2.75, 3.05) is 13.2 Å². The lowest BCUT2D eigenvalue weighted by Crippen LogP contribution is -2.37. The number of nitrogens with two attached hydrogens (primary N) is 1. The van der Waals surface area contributed by atoms with E-state index in [1.54, 1.807) is 6.92 Å². The first-order chi connectivity index (χ1) is 15.0. The van der Waals surface area contributed by atoms with E-state index >= 15 is 0 Å². The van der Waals surface area contributed by atoms with Gasteiger partial charge in [0.05, 0.1) is 35.7 Å². The van der Waals surface area contributed by atoms with Crippen LogP contribution in [0.15, 0.2) is 24.3 Å². The summed E-state index contributed by atoms with van der Waals surface area (Å²) in [6.07, 6.45) is 1.49. The molecule has 2 rings (SSSR count). The zero-order chi connectivity index (χ0) is 23.8. The maximum atomic E-state index is 13.6. The maximum absolute atomic E-state index is 13.6. The molecule has 0 amide bonds. The molecule has 1 heterocycles. The molecule has 0 aliphatic heterocycles. The van der Waals surface area contributed by atoms with E-state index in [0.29, 0.717) is 12.1 Å². The van der Waals surface area contributed by atoms with Crippen molar-refractivity contribution in [3.05, 3.63) is 35.5 Å². The number of rotatable bonds is 13. The van der Waals surface area contributed by atoms with E-state index < -0.39 is 25.5 Å². The Morgan fingerprint density at radius 2 is 1.84 bits per heavy atom. The fourth-order valence-corrected chi connectivity index (χ4v) is 3.58. The van der Waals surface area contributed by atoms with E-state index in [9.17, 15) is 17.7 Å². The fourth-order valence-electron chi connectivity index (χ4n) is 3.15. The molecule has 0 spiro atoms. The number of hydrogen-bond acceptors (Lipinski definition) is 5. The Balaban J connectivity index is 2.12. The third kappa shape index (κ3) is 7.92. The van der Waals surface area contributed by atoms with Crippen molar-refractivity contribution in [1.82, 2.24) is 10.2 Å². The Morgan fingerprint density at radius 3 is 2.50 bits per heavy atom. The summed E-state index contributed by atoms with van der Waals surface area (Å²) in [5, 5.41) is 6.71. The van der Waals surface area contributed by atoms with Crippen molar-refractivity contribution in [2.24, 2.45) is 5.73 Å². The molecule has 4 N–H and O–H groups in total. The van der Waals surface area contributed by atoms with Crippen LogP contribution in [0.4, 0.5) is 13.2 Å². The summed E-state index contributed by atoms with van der Waals surface area (Å²) in [6, 6.07) is 5.28. The van der Waals surface area contributed by atoms with Gasteiger partial charge in [0.15, 0.2) is 0 Å². The largest absolute Gasteiger partial charge is 0.493 e. The number of benzene rings is 1. The average Bonchev–Trinajstić information content (AvgIpc) is 3.22. The maximum Gasteiger partial charge on any atom is 0.419 e. The highest BCUT2D eigenvalue weighted by molar-refractivity contribution is 7.32. The Morgan fingerprint density at radius 1 is 1.16 bits per heavy atom. The second-order valence-electron chi connectivity index (χ2n) is 7.96. The first-order valence-electron chi connectivity index (χ1n) is 10.6. The average molecular weight is 477 g/mol. The third-order valence-electron chi connectivity index (χ3n) is 5.02. The summed E-state index contributed by atoms with van der Waals surface area (Å²) in [5.41, 5.74) is 4.87. The minimum Gasteiger partial charge on any atom is -0.493 e. The molecular formula is C21H31F3N3O4P. The lowest BCUT2D eigenvalue weighted by molar-refractivity contribution is -0.138. The number of hydrogen-bond donors (Lipinski definition) is 3. The number of halogens is 3. The van der Waals surface area contributed by atoms with Crippen molar-refractivity contribution in [3.8, 4) is 17.0 Å². The quantitative estimate of drug-likeness (QED) is 0.263. The topological polar surface area (TPSA) is 110 Å². The van der Waals surface area contributed by atoms with Gasteiger partial charge >= 0.3 is 14.4 Å². The lowest BCUT2D eigenvalue weighted by atomic mass is 9.99. The number of aromatic amines is 1. The number of aromatic nitrogens is 2. The SMILES string of the molecule is CCCCCCCCOc1ccc(-c2cc([C@@](C)(N)CO[PH](=O)O)[nH]n2)cc1C(F)(F)F. The van der Waals surface area contributed by atoms with E-state index in [1.807, 2.05) is 0 Å². The van der Waals surface area contributed by atoms with E-state index in [2.05, 4.69) is 17.1 Å². The number of nitrogens with one attached hydrogen (secondary N) is 1. The predicted octanol–water partition coefficient (Wildman–Crippen LogP) is 5.41. The van der Waals surface area contributed by atoms with Crippen LogP contribution in [0.3, 0.4) is 0 Å². The molecular weight excluding hydrogens is 446 g/mol. The molecule has 0 aliphatic rings. The molecule has 2 atom stereocenters. The van der Waals surface area contributed by atoms with Gasteiger partial charge in [0.1, 0.15) is 5.75 Å². The number of unbranched alkanes of at least 4 members (excludes halogenated alkanes) is 5. The Hall–Kier alpha value is -1.87. The molecule has 11 heteroatoms. The van der Waals surface area contributed by atoms with Gasteiger partial charge in [0, 0.05) is 5.56 Å². The number of nitrogens with zero attached hydrogens (tertiary/aromatic N) is 1. The molecule has 0 aliphatic carbocycles. The highest BCUT2D eigenvalue weighted by Gasteiger charge is 2.35. The molecule has 1 aromatic heterocycles. The standard InChI is InChI=1S/C21H31F3N3O4P/c1-3-4-5-6-7-8-11-30-18-10-9-15(12-16(18)21(22,23)24)17-13-19(27-26-17)20(2,25)14-31-32(28)29/h9-10,12-13,32H,3-8,11,14,25H2,1-2H3,(H,26,27)(H,28,29)/t20-/m0/s1. The summed E-state index contributed by atoms with van der Waals surface area (Å²) >= 11 is 0. The van der Waals surface area contributed by atoms with Crippen LogP contribution in [-0.2, 0) is 20.8 Å². The Labute approximate surface area is 186 Å². The summed E-state index contributed by atoms with van der Waals surface area (Å²) in [4.78, 5) is 8.83. The smallest absolute Gasteiger partial charge is 0.419 e. The van der Waals surface area contributed by atoms with Crippen LogP contribution in [0.25, 0.3) is 11.3 Å². The minimum absolute atomic E-state index is 0.212. The molecule has 2 aromatic rings. The predicted molar refractivity (Wildman–Crippen MR) is 117 cm³/mol. The second kappa shape index (κ2) is 11.8. The monoisotopic (exact) mass is 477 g/mol. The Bertz CT molecular complexity index is 887. The zero-order valence-electron chi connectivity index (χ0n) is 18.3. The van der Waals surface area contributed by atoms with Crippen LogP contribution in [0.1, 0.15) is 63.6 Å². The molecule has 7 nitrogen and oxygen atoms in total. The van der Waals surface area contributed by atoms with Gasteiger partial charge in [-0.3, -0.25) is 9.66 Å². The van der Waals surface area contributed by atoms with Gasteiger partial charge < -0.3 is 19.9 Å². The van der Waals surface area contributed by atoms with E-state index in [0.717, 1.165) is 38.2 Å². The molecule has 0 saturated carbocycles. The van der Waals surface area contributed by atoms with E-state index in [1.165, 1.54) is 18.2 Å². The third-order valence-corrected chi connectivity index (χ3v) is 5.42. The number of ether oxygens (including phenoxy) is 1. The Kier molecular flexibility index (Phi) is 9.76. The van der Waals surface area contributed by atoms with Crippen LogP contribution >= 0.6 is 8.25 Å². The van der Waals surface area contributed by atoms with Crippen LogP contribution in [0, 0.1) is 0 Å². The van der Waals surface area contributed by atoms with E-state index in [4.69, 9.17) is 19.9 Å². The minimum atomic E-state index is -4.59. The summed E-state index contributed by atoms with van der Waals surface area (Å²) in [7, 11) is -3.16. The van der Waals surface area contributed by atoms with Gasteiger partial charge in [0.25, 0.3) is 0 Å². The van der Waals surface area contributed by atoms with Crippen LogP contribution < -0.4 is 10.5 Å². The lowest BCUT2D eigenvalue weighted by Gasteiger charge is -2.21. The highest BCUT2D eigenvalue weighted by Crippen LogP contribution is 2.39. The van der Waals surface area contributed by atoms with Gasteiger partial charge in [0.2, 0.25) is 0 Å². The van der Waals surface area contributed by atoms with Crippen LogP contribution in [-0.4, -0.2) is 28.3 Å². The first-order valence-corrected chi connectivity index (χ1v) is 11.9. The molecule has 0 bridgehead atoms. The van der Waals surface area contributed by atoms with Crippen molar-refractivity contribution < 1.29 is 31.9 Å². The van der Waals surface area contributed by atoms with Crippen molar-refractivity contribution in [3.63, 3.8) is 0 Å². The van der Waals surface area contributed by atoms with Crippen molar-refractivity contribution in [2.45, 2.75) is 64.1 Å². The summed E-state index contributed by atoms with van der Waals surface area (Å²) < 4.78 is 61.8.